The van der Waals surface area contributed by atoms with Crippen molar-refractivity contribution in [3.05, 3.63) is 46.1 Å². The van der Waals surface area contributed by atoms with Gasteiger partial charge in [0.1, 0.15) is 4.60 Å². The second kappa shape index (κ2) is 5.18. The number of hydrogen-bond acceptors (Lipinski definition) is 5. The first-order chi connectivity index (χ1) is 9.61. The molecule has 0 unspecified atom stereocenters. The summed E-state index contributed by atoms with van der Waals surface area (Å²) >= 11 is 4.60. The van der Waals surface area contributed by atoms with Gasteiger partial charge >= 0.3 is 0 Å². The molecule has 0 saturated heterocycles. The molecule has 2 aromatic heterocycles. The number of anilines is 2. The van der Waals surface area contributed by atoms with Crippen LogP contribution in [0.25, 0.3) is 10.1 Å². The maximum Gasteiger partial charge on any atom is 0.266 e. The van der Waals surface area contributed by atoms with Crippen molar-refractivity contribution < 1.29 is 4.79 Å². The van der Waals surface area contributed by atoms with Gasteiger partial charge in [-0.2, -0.15) is 0 Å². The van der Waals surface area contributed by atoms with E-state index in [0.29, 0.717) is 21.0 Å². The van der Waals surface area contributed by atoms with Gasteiger partial charge in [-0.1, -0.05) is 0 Å². The lowest BCUT2D eigenvalue weighted by atomic mass is 10.2. The van der Waals surface area contributed by atoms with Gasteiger partial charge < -0.3 is 11.1 Å². The van der Waals surface area contributed by atoms with Crippen molar-refractivity contribution in [1.29, 1.82) is 0 Å². The van der Waals surface area contributed by atoms with Gasteiger partial charge in [-0.05, 0) is 45.6 Å². The number of carbonyl (C=O) groups excluding carboxylic acids is 1. The number of nitrogen functional groups attached to an aromatic ring is 1. The van der Waals surface area contributed by atoms with Crippen LogP contribution in [0.2, 0.25) is 0 Å². The van der Waals surface area contributed by atoms with Gasteiger partial charge in [-0.25, -0.2) is 9.97 Å². The Hall–Kier alpha value is -1.99. The first-order valence-corrected chi connectivity index (χ1v) is 7.31. The molecule has 20 heavy (non-hydrogen) atoms. The van der Waals surface area contributed by atoms with Gasteiger partial charge in [-0.15, -0.1) is 11.3 Å². The molecule has 0 bridgehead atoms. The van der Waals surface area contributed by atoms with Gasteiger partial charge in [0.25, 0.3) is 5.91 Å². The summed E-state index contributed by atoms with van der Waals surface area (Å²) in [5.74, 6) is 0.205. The van der Waals surface area contributed by atoms with Crippen LogP contribution < -0.4 is 11.1 Å². The number of nitrogens with two attached hydrogens (primary N) is 1. The zero-order chi connectivity index (χ0) is 14.1. The van der Waals surface area contributed by atoms with E-state index in [1.165, 1.54) is 23.7 Å². The molecule has 1 amide bonds. The van der Waals surface area contributed by atoms with Crippen molar-refractivity contribution in [1.82, 2.24) is 9.97 Å². The normalized spacial score (nSPS) is 10.7. The zero-order valence-corrected chi connectivity index (χ0v) is 12.5. The molecule has 100 valence electrons. The van der Waals surface area contributed by atoms with Crippen LogP contribution in [0.3, 0.4) is 0 Å². The largest absolute Gasteiger partial charge is 0.399 e. The third kappa shape index (κ3) is 2.63. The average Bonchev–Trinajstić information content (AvgIpc) is 2.84. The number of aromatic nitrogens is 2. The van der Waals surface area contributed by atoms with Crippen LogP contribution in [0.4, 0.5) is 11.5 Å². The van der Waals surface area contributed by atoms with E-state index < -0.39 is 0 Å². The van der Waals surface area contributed by atoms with Crippen molar-refractivity contribution in [2.24, 2.45) is 0 Å². The van der Waals surface area contributed by atoms with Crippen LogP contribution >= 0.6 is 27.3 Å². The highest BCUT2D eigenvalue weighted by Crippen LogP contribution is 2.27. The molecule has 7 heteroatoms. The van der Waals surface area contributed by atoms with Crippen molar-refractivity contribution in [2.45, 2.75) is 0 Å². The summed E-state index contributed by atoms with van der Waals surface area (Å²) in [4.78, 5) is 20.8. The number of nitrogens with one attached hydrogen (secondary N) is 1. The molecular weight excluding hydrogens is 340 g/mol. The number of benzene rings is 1. The van der Waals surface area contributed by atoms with Crippen LogP contribution in [0.1, 0.15) is 9.67 Å². The summed E-state index contributed by atoms with van der Waals surface area (Å²) < 4.78 is 1.64. The maximum atomic E-state index is 12.1. The molecular formula is C13H9BrN4OS. The smallest absolute Gasteiger partial charge is 0.266 e. The molecule has 0 saturated carbocycles. The highest BCUT2D eigenvalue weighted by Gasteiger charge is 2.11. The van der Waals surface area contributed by atoms with Crippen molar-refractivity contribution in [3.8, 4) is 0 Å². The number of carbonyl (C=O) groups is 1. The van der Waals surface area contributed by atoms with Crippen LogP contribution in [-0.2, 0) is 0 Å². The first kappa shape index (κ1) is 13.0. The number of hydrogen-bond donors (Lipinski definition) is 2. The summed E-state index contributed by atoms with van der Waals surface area (Å²) in [5.41, 5.74) is 6.41. The highest BCUT2D eigenvalue weighted by molar-refractivity contribution is 9.10. The fourth-order valence-electron chi connectivity index (χ4n) is 1.73. The van der Waals surface area contributed by atoms with Gasteiger partial charge in [0.05, 0.1) is 17.3 Å². The quantitative estimate of drug-likeness (QED) is 0.696. The number of thiophene rings is 1. The highest BCUT2D eigenvalue weighted by atomic mass is 79.9. The Balaban J connectivity index is 1.86. The predicted octanol–water partition coefficient (Wildman–Crippen LogP) is 3.29. The van der Waals surface area contributed by atoms with E-state index in [-0.39, 0.29) is 5.91 Å². The van der Waals surface area contributed by atoms with Crippen LogP contribution in [0.15, 0.2) is 41.3 Å². The van der Waals surface area contributed by atoms with Crippen molar-refractivity contribution in [3.63, 3.8) is 0 Å². The molecule has 3 aromatic rings. The molecule has 0 aliphatic heterocycles. The monoisotopic (exact) mass is 348 g/mol. The van der Waals surface area contributed by atoms with E-state index in [1.807, 2.05) is 24.3 Å². The van der Waals surface area contributed by atoms with E-state index in [4.69, 9.17) is 5.73 Å². The topological polar surface area (TPSA) is 80.9 Å². The Bertz CT molecular complexity index is 785. The number of nitrogens with zero attached hydrogens (tertiary/aromatic N) is 2. The molecule has 0 radical (unpaired) electrons. The van der Waals surface area contributed by atoms with E-state index in [0.717, 1.165) is 10.1 Å². The molecule has 3 rings (SSSR count). The van der Waals surface area contributed by atoms with Crippen molar-refractivity contribution >= 4 is 54.8 Å². The zero-order valence-electron chi connectivity index (χ0n) is 10.1. The molecule has 0 aliphatic rings. The number of fused-ring (bicyclic) bond motifs is 1. The molecule has 1 aromatic carbocycles. The van der Waals surface area contributed by atoms with E-state index in [2.05, 4.69) is 31.2 Å². The molecule has 2 heterocycles. The van der Waals surface area contributed by atoms with Crippen LogP contribution in [-0.4, -0.2) is 15.9 Å². The Morgan fingerprint density at radius 1 is 1.25 bits per heavy atom. The number of rotatable bonds is 2. The molecule has 0 fully saturated rings. The fraction of sp³-hybridized carbons (Fsp3) is 0. The first-order valence-electron chi connectivity index (χ1n) is 5.70. The van der Waals surface area contributed by atoms with Gasteiger partial charge in [0.2, 0.25) is 0 Å². The number of halogens is 1. The average molecular weight is 349 g/mol. The lowest BCUT2D eigenvalue weighted by Gasteiger charge is -2.01. The van der Waals surface area contributed by atoms with Gasteiger partial charge in [0.15, 0.2) is 5.82 Å². The van der Waals surface area contributed by atoms with Crippen molar-refractivity contribution in [2.75, 3.05) is 11.1 Å². The summed E-state index contributed by atoms with van der Waals surface area (Å²) in [5, 5.41) is 3.67. The lowest BCUT2D eigenvalue weighted by Crippen LogP contribution is -2.11. The molecule has 3 N–H and O–H groups in total. The number of amides is 1. The minimum Gasteiger partial charge on any atom is -0.399 e. The summed E-state index contributed by atoms with van der Waals surface area (Å²) in [6.07, 6.45) is 3.02. The lowest BCUT2D eigenvalue weighted by molar-refractivity contribution is 0.103. The second-order valence-corrected chi connectivity index (χ2v) is 5.98. The molecule has 0 spiro atoms. The SMILES string of the molecule is Nc1ccc2sc(C(=O)Nc3cnc(Br)cn3)cc2c1. The molecule has 0 aliphatic carbocycles. The third-order valence-corrected chi connectivity index (χ3v) is 4.15. The summed E-state index contributed by atoms with van der Waals surface area (Å²) in [6.45, 7) is 0. The summed E-state index contributed by atoms with van der Waals surface area (Å²) in [7, 11) is 0. The van der Waals surface area contributed by atoms with Gasteiger partial charge in [-0.3, -0.25) is 4.79 Å². The van der Waals surface area contributed by atoms with E-state index in [1.54, 1.807) is 0 Å². The Morgan fingerprint density at radius 3 is 2.85 bits per heavy atom. The maximum absolute atomic E-state index is 12.1. The van der Waals surface area contributed by atoms with Crippen LogP contribution in [0.5, 0.6) is 0 Å². The Kier molecular flexibility index (Phi) is 3.37. The third-order valence-electron chi connectivity index (χ3n) is 2.63. The van der Waals surface area contributed by atoms with E-state index >= 15 is 0 Å². The standard InChI is InChI=1S/C13H9BrN4OS/c14-11-5-17-12(6-16-11)18-13(19)10-4-7-3-8(15)1-2-9(7)20-10/h1-6H,15H2,(H,17,18,19). The minimum absolute atomic E-state index is 0.207. The molecule has 0 atom stereocenters. The predicted molar refractivity (Wildman–Crippen MR) is 83.9 cm³/mol. The van der Waals surface area contributed by atoms with Gasteiger partial charge in [0, 0.05) is 10.4 Å². The second-order valence-electron chi connectivity index (χ2n) is 4.09. The fourth-order valence-corrected chi connectivity index (χ4v) is 2.87. The van der Waals surface area contributed by atoms with Crippen LogP contribution in [0, 0.1) is 0 Å². The Labute approximate surface area is 127 Å². The van der Waals surface area contributed by atoms with E-state index in [9.17, 15) is 4.79 Å². The minimum atomic E-state index is -0.207. The summed E-state index contributed by atoms with van der Waals surface area (Å²) in [6, 6.07) is 7.40. The molecule has 5 nitrogen and oxygen atoms in total. The Morgan fingerprint density at radius 2 is 2.10 bits per heavy atom.